The van der Waals surface area contributed by atoms with E-state index in [2.05, 4.69) is 9.82 Å². The van der Waals surface area contributed by atoms with Crippen LogP contribution in [-0.4, -0.2) is 18.2 Å². The molecule has 16 heavy (non-hydrogen) atoms. The highest BCUT2D eigenvalue weighted by Crippen LogP contribution is 2.20. The molecule has 2 heterocycles. The summed E-state index contributed by atoms with van der Waals surface area (Å²) in [5, 5.41) is 5.79. The van der Waals surface area contributed by atoms with Gasteiger partial charge in [-0.05, 0) is 18.4 Å². The van der Waals surface area contributed by atoms with E-state index in [0.717, 1.165) is 5.69 Å². The molecule has 0 aliphatic heterocycles. The van der Waals surface area contributed by atoms with Gasteiger partial charge in [0.15, 0.2) is 0 Å². The van der Waals surface area contributed by atoms with Crippen LogP contribution in [0.25, 0.3) is 0 Å². The molecule has 0 aliphatic rings. The minimum Gasteiger partial charge on any atom is -0.263 e. The van der Waals surface area contributed by atoms with Gasteiger partial charge >= 0.3 is 0 Å². The van der Waals surface area contributed by atoms with E-state index >= 15 is 0 Å². The molecule has 0 aliphatic carbocycles. The molecule has 0 fully saturated rings. The largest absolute Gasteiger partial charge is 0.272 e. The highest BCUT2D eigenvalue weighted by atomic mass is 32.2. The number of rotatable bonds is 3. The lowest BCUT2D eigenvalue weighted by Crippen LogP contribution is -2.14. The number of hydrogen-bond donors (Lipinski definition) is 1. The lowest BCUT2D eigenvalue weighted by molar-refractivity contribution is 0.602. The molecule has 0 spiro atoms. The van der Waals surface area contributed by atoms with Gasteiger partial charge in [0.25, 0.3) is 10.0 Å². The zero-order valence-electron chi connectivity index (χ0n) is 8.84. The van der Waals surface area contributed by atoms with Crippen molar-refractivity contribution in [3.63, 3.8) is 0 Å². The van der Waals surface area contributed by atoms with Crippen molar-refractivity contribution in [3.8, 4) is 0 Å². The summed E-state index contributed by atoms with van der Waals surface area (Å²) >= 11 is 1.18. The Kier molecular flexibility index (Phi) is 2.73. The van der Waals surface area contributed by atoms with Gasteiger partial charge in [0.05, 0.1) is 5.69 Å². The predicted octanol–water partition coefficient (Wildman–Crippen LogP) is 1.59. The van der Waals surface area contributed by atoms with E-state index < -0.39 is 10.0 Å². The molecule has 0 saturated heterocycles. The Balaban J connectivity index is 2.32. The van der Waals surface area contributed by atoms with Crippen LogP contribution in [0.1, 0.15) is 5.69 Å². The number of aromatic nitrogens is 2. The minimum absolute atomic E-state index is 0.298. The molecule has 7 heteroatoms. The van der Waals surface area contributed by atoms with Crippen LogP contribution in [0.5, 0.6) is 0 Å². The maximum absolute atomic E-state index is 11.9. The van der Waals surface area contributed by atoms with E-state index in [1.54, 1.807) is 30.6 Å². The maximum atomic E-state index is 11.9. The van der Waals surface area contributed by atoms with Gasteiger partial charge in [0.1, 0.15) is 10.0 Å². The minimum atomic E-state index is -3.47. The van der Waals surface area contributed by atoms with Gasteiger partial charge in [0, 0.05) is 13.1 Å². The van der Waals surface area contributed by atoms with Crippen molar-refractivity contribution < 1.29 is 8.42 Å². The summed E-state index contributed by atoms with van der Waals surface area (Å²) in [5.41, 5.74) is 0.770. The monoisotopic (exact) mass is 257 g/mol. The van der Waals surface area contributed by atoms with Crippen LogP contribution in [0.15, 0.2) is 27.8 Å². The molecular formula is C9H11N3O2S2. The van der Waals surface area contributed by atoms with Gasteiger partial charge in [-0.1, -0.05) is 6.07 Å². The van der Waals surface area contributed by atoms with Crippen LogP contribution in [0.3, 0.4) is 0 Å². The van der Waals surface area contributed by atoms with Crippen LogP contribution in [0.2, 0.25) is 0 Å². The standard InChI is InChI=1S/C9H11N3O2S2/c1-7-6-8(12(2)10-7)11-16(13,14)9-4-3-5-15-9/h3-6,11H,1-2H3. The third-order valence-corrected chi connectivity index (χ3v) is 4.75. The Bertz CT molecular complexity index is 584. The summed E-state index contributed by atoms with van der Waals surface area (Å²) < 4.78 is 28.1. The molecule has 2 rings (SSSR count). The van der Waals surface area contributed by atoms with E-state index in [9.17, 15) is 8.42 Å². The fraction of sp³-hybridized carbons (Fsp3) is 0.222. The first kappa shape index (κ1) is 11.2. The van der Waals surface area contributed by atoms with Gasteiger partial charge in [-0.3, -0.25) is 9.40 Å². The Morgan fingerprint density at radius 3 is 2.75 bits per heavy atom. The third-order valence-electron chi connectivity index (χ3n) is 2.00. The fourth-order valence-electron chi connectivity index (χ4n) is 1.31. The number of anilines is 1. The first-order valence-electron chi connectivity index (χ1n) is 4.56. The molecule has 0 amide bonds. The van der Waals surface area contributed by atoms with Crippen LogP contribution < -0.4 is 4.72 Å². The quantitative estimate of drug-likeness (QED) is 0.908. The molecule has 86 valence electrons. The van der Waals surface area contributed by atoms with E-state index in [1.165, 1.54) is 16.0 Å². The summed E-state index contributed by atoms with van der Waals surface area (Å²) in [6.45, 7) is 1.81. The summed E-state index contributed by atoms with van der Waals surface area (Å²) in [4.78, 5) is 0. The second kappa shape index (κ2) is 3.91. The molecule has 0 radical (unpaired) electrons. The Hall–Kier alpha value is -1.34. The summed E-state index contributed by atoms with van der Waals surface area (Å²) in [6, 6.07) is 4.95. The maximum Gasteiger partial charge on any atom is 0.272 e. The number of thiophene rings is 1. The average molecular weight is 257 g/mol. The first-order valence-corrected chi connectivity index (χ1v) is 6.92. The van der Waals surface area contributed by atoms with Crippen LogP contribution in [-0.2, 0) is 17.1 Å². The fourth-order valence-corrected chi connectivity index (χ4v) is 3.38. The Labute approximate surface area is 97.8 Å². The predicted molar refractivity (Wildman–Crippen MR) is 63.1 cm³/mol. The second-order valence-corrected chi connectivity index (χ2v) is 6.19. The van der Waals surface area contributed by atoms with E-state index in [0.29, 0.717) is 10.0 Å². The summed E-state index contributed by atoms with van der Waals surface area (Å²) in [6.07, 6.45) is 0. The molecule has 2 aromatic heterocycles. The van der Waals surface area contributed by atoms with Gasteiger partial charge in [-0.2, -0.15) is 5.10 Å². The number of hydrogen-bond acceptors (Lipinski definition) is 4. The molecule has 2 aromatic rings. The molecule has 0 unspecified atom stereocenters. The van der Waals surface area contributed by atoms with E-state index in [-0.39, 0.29) is 0 Å². The average Bonchev–Trinajstić information content (AvgIpc) is 2.76. The Morgan fingerprint density at radius 1 is 1.50 bits per heavy atom. The number of nitrogens with one attached hydrogen (secondary N) is 1. The number of nitrogens with zero attached hydrogens (tertiary/aromatic N) is 2. The van der Waals surface area contributed by atoms with Gasteiger partial charge in [-0.25, -0.2) is 8.42 Å². The number of sulfonamides is 1. The smallest absolute Gasteiger partial charge is 0.263 e. The second-order valence-electron chi connectivity index (χ2n) is 3.33. The summed E-state index contributed by atoms with van der Waals surface area (Å²) in [5.74, 6) is 0.464. The van der Waals surface area contributed by atoms with E-state index in [4.69, 9.17) is 0 Å². The van der Waals surface area contributed by atoms with Crippen LogP contribution >= 0.6 is 11.3 Å². The van der Waals surface area contributed by atoms with Crippen LogP contribution in [0.4, 0.5) is 5.82 Å². The lowest BCUT2D eigenvalue weighted by Gasteiger charge is -2.05. The van der Waals surface area contributed by atoms with E-state index in [1.807, 2.05) is 6.92 Å². The highest BCUT2D eigenvalue weighted by molar-refractivity contribution is 7.94. The Morgan fingerprint density at radius 2 is 2.25 bits per heavy atom. The van der Waals surface area contributed by atoms with Gasteiger partial charge < -0.3 is 0 Å². The first-order chi connectivity index (χ1) is 7.49. The molecule has 0 aromatic carbocycles. The molecular weight excluding hydrogens is 246 g/mol. The van der Waals surface area contributed by atoms with Crippen molar-refractivity contribution in [1.82, 2.24) is 9.78 Å². The lowest BCUT2D eigenvalue weighted by atomic mass is 10.5. The molecule has 0 bridgehead atoms. The zero-order valence-corrected chi connectivity index (χ0v) is 10.5. The SMILES string of the molecule is Cc1cc(NS(=O)(=O)c2cccs2)n(C)n1. The number of aryl methyl sites for hydroxylation is 2. The van der Waals surface area contributed by atoms with Crippen molar-refractivity contribution in [2.45, 2.75) is 11.1 Å². The molecule has 0 atom stereocenters. The van der Waals surface area contributed by atoms with Gasteiger partial charge in [0.2, 0.25) is 0 Å². The molecule has 1 N–H and O–H groups in total. The van der Waals surface area contributed by atoms with Crippen LogP contribution in [0, 0.1) is 6.92 Å². The van der Waals surface area contributed by atoms with Gasteiger partial charge in [-0.15, -0.1) is 11.3 Å². The van der Waals surface area contributed by atoms with Crippen molar-refractivity contribution in [1.29, 1.82) is 0 Å². The highest BCUT2D eigenvalue weighted by Gasteiger charge is 2.16. The van der Waals surface area contributed by atoms with Crippen molar-refractivity contribution in [2.75, 3.05) is 4.72 Å². The third kappa shape index (κ3) is 2.10. The normalized spacial score (nSPS) is 11.6. The molecule has 0 saturated carbocycles. The van der Waals surface area contributed by atoms with Crippen molar-refractivity contribution in [3.05, 3.63) is 29.3 Å². The van der Waals surface area contributed by atoms with Crippen molar-refractivity contribution >= 4 is 27.2 Å². The summed E-state index contributed by atoms with van der Waals surface area (Å²) in [7, 11) is -1.78. The zero-order chi connectivity index (χ0) is 11.8. The molecule has 5 nitrogen and oxygen atoms in total. The van der Waals surface area contributed by atoms with Crippen molar-refractivity contribution in [2.24, 2.45) is 7.05 Å². The topological polar surface area (TPSA) is 64.0 Å².